The highest BCUT2D eigenvalue weighted by Gasteiger charge is 2.14. The van der Waals surface area contributed by atoms with Gasteiger partial charge >= 0.3 is 0 Å². The number of ketones is 1. The summed E-state index contributed by atoms with van der Waals surface area (Å²) in [6, 6.07) is 8.48. The van der Waals surface area contributed by atoms with Crippen LogP contribution in [0.1, 0.15) is 97.8 Å². The summed E-state index contributed by atoms with van der Waals surface area (Å²) in [4.78, 5) is 11.5. The SMILES string of the molecule is CC.CC.CC.CC(=O)c1c(C)c(C)c(C)c(C)c1C.Cc1ccc(C)cc1. The molecule has 0 radical (unpaired) electrons. The van der Waals surface area contributed by atoms with Crippen molar-refractivity contribution in [1.29, 1.82) is 0 Å². The molecular formula is C27H46O. The number of carbonyl (C=O) groups is 1. The zero-order valence-corrected chi connectivity index (χ0v) is 21.2. The molecule has 0 aliphatic carbocycles. The normalized spacial score (nSPS) is 8.50. The van der Waals surface area contributed by atoms with Crippen LogP contribution in [0.15, 0.2) is 24.3 Å². The van der Waals surface area contributed by atoms with Crippen LogP contribution in [-0.4, -0.2) is 5.78 Å². The van der Waals surface area contributed by atoms with Crippen molar-refractivity contribution in [3.05, 3.63) is 68.8 Å². The standard InChI is InChI=1S/C13H18O.C8H10.3C2H6/c1-7-8(2)10(4)13(12(6)14)11(5)9(7)3;1-7-3-5-8(2)6-4-7;3*1-2/h1-6H3;3-6H,1-2H3;3*1-2H3. The van der Waals surface area contributed by atoms with Gasteiger partial charge in [0.15, 0.2) is 5.78 Å². The summed E-state index contributed by atoms with van der Waals surface area (Å²) in [6.07, 6.45) is 0. The highest BCUT2D eigenvalue weighted by molar-refractivity contribution is 5.97. The van der Waals surface area contributed by atoms with E-state index in [2.05, 4.69) is 58.9 Å². The van der Waals surface area contributed by atoms with Crippen LogP contribution in [0.2, 0.25) is 0 Å². The average molecular weight is 387 g/mol. The van der Waals surface area contributed by atoms with Gasteiger partial charge in [0.05, 0.1) is 0 Å². The summed E-state index contributed by atoms with van der Waals surface area (Å²) in [6.45, 7) is 28.2. The Hall–Kier alpha value is -1.89. The molecule has 28 heavy (non-hydrogen) atoms. The summed E-state index contributed by atoms with van der Waals surface area (Å²) in [7, 11) is 0. The van der Waals surface area contributed by atoms with Gasteiger partial charge in [0, 0.05) is 5.56 Å². The second-order valence-electron chi connectivity index (χ2n) is 6.21. The van der Waals surface area contributed by atoms with Crippen molar-refractivity contribution in [3.63, 3.8) is 0 Å². The van der Waals surface area contributed by atoms with Crippen molar-refractivity contribution in [3.8, 4) is 0 Å². The number of hydrogen-bond donors (Lipinski definition) is 0. The molecule has 0 spiro atoms. The summed E-state index contributed by atoms with van der Waals surface area (Å²) >= 11 is 0. The van der Waals surface area contributed by atoms with Gasteiger partial charge in [-0.1, -0.05) is 76.9 Å². The van der Waals surface area contributed by atoms with Crippen LogP contribution >= 0.6 is 0 Å². The Labute approximate surface area is 176 Å². The summed E-state index contributed by atoms with van der Waals surface area (Å²) in [5, 5.41) is 0. The Bertz CT molecular complexity index is 626. The van der Waals surface area contributed by atoms with Crippen LogP contribution < -0.4 is 0 Å². The fourth-order valence-corrected chi connectivity index (χ4v) is 2.66. The van der Waals surface area contributed by atoms with E-state index in [1.807, 2.05) is 55.4 Å². The number of rotatable bonds is 1. The van der Waals surface area contributed by atoms with Crippen molar-refractivity contribution >= 4 is 5.78 Å². The molecule has 2 aromatic carbocycles. The zero-order valence-electron chi connectivity index (χ0n) is 21.2. The number of carbonyl (C=O) groups excluding carboxylic acids is 1. The Balaban J connectivity index is -0.000000379. The van der Waals surface area contributed by atoms with E-state index < -0.39 is 0 Å². The van der Waals surface area contributed by atoms with Gasteiger partial charge in [-0.25, -0.2) is 0 Å². The second kappa shape index (κ2) is 17.2. The van der Waals surface area contributed by atoms with Crippen LogP contribution in [0, 0.1) is 48.5 Å². The molecule has 2 aromatic rings. The lowest BCUT2D eigenvalue weighted by Gasteiger charge is -2.16. The van der Waals surface area contributed by atoms with E-state index in [1.165, 1.54) is 27.8 Å². The molecule has 2 rings (SSSR count). The first kappa shape index (κ1) is 30.8. The molecule has 0 fully saturated rings. The first-order valence-corrected chi connectivity index (χ1v) is 10.8. The van der Waals surface area contributed by atoms with Gasteiger partial charge in [0.1, 0.15) is 0 Å². The van der Waals surface area contributed by atoms with Crippen LogP contribution in [-0.2, 0) is 0 Å². The van der Waals surface area contributed by atoms with Gasteiger partial charge in [-0.05, 0) is 83.2 Å². The molecular weight excluding hydrogens is 340 g/mol. The third-order valence-electron chi connectivity index (χ3n) is 4.57. The predicted molar refractivity (Wildman–Crippen MR) is 130 cm³/mol. The monoisotopic (exact) mass is 386 g/mol. The Morgan fingerprint density at radius 2 is 0.714 bits per heavy atom. The molecule has 0 atom stereocenters. The van der Waals surface area contributed by atoms with Crippen molar-refractivity contribution < 1.29 is 4.79 Å². The predicted octanol–water partition coefficient (Wildman–Crippen LogP) is 8.81. The first-order valence-electron chi connectivity index (χ1n) is 10.8. The summed E-state index contributed by atoms with van der Waals surface area (Å²) in [5.41, 5.74) is 9.65. The topological polar surface area (TPSA) is 17.1 Å². The average Bonchev–Trinajstić information content (AvgIpc) is 2.72. The first-order chi connectivity index (χ1) is 13.2. The minimum Gasteiger partial charge on any atom is -0.294 e. The Morgan fingerprint density at radius 1 is 0.500 bits per heavy atom. The lowest BCUT2D eigenvalue weighted by molar-refractivity contribution is 0.101. The smallest absolute Gasteiger partial charge is 0.160 e. The highest BCUT2D eigenvalue weighted by atomic mass is 16.1. The molecule has 0 heterocycles. The quantitative estimate of drug-likeness (QED) is 0.447. The van der Waals surface area contributed by atoms with Gasteiger partial charge in [-0.15, -0.1) is 0 Å². The van der Waals surface area contributed by atoms with Gasteiger partial charge in [-0.3, -0.25) is 4.79 Å². The molecule has 1 nitrogen and oxygen atoms in total. The Kier molecular flexibility index (Phi) is 19.0. The molecule has 0 bridgehead atoms. The lowest BCUT2D eigenvalue weighted by Crippen LogP contribution is -2.06. The van der Waals surface area contributed by atoms with E-state index in [0.717, 1.165) is 16.7 Å². The molecule has 1 heteroatoms. The van der Waals surface area contributed by atoms with E-state index in [1.54, 1.807) is 6.92 Å². The van der Waals surface area contributed by atoms with Crippen molar-refractivity contribution in [2.24, 2.45) is 0 Å². The van der Waals surface area contributed by atoms with E-state index >= 15 is 0 Å². The molecule has 0 aromatic heterocycles. The molecule has 160 valence electrons. The van der Waals surface area contributed by atoms with E-state index in [9.17, 15) is 4.79 Å². The minimum atomic E-state index is 0.172. The van der Waals surface area contributed by atoms with E-state index in [0.29, 0.717) is 0 Å². The van der Waals surface area contributed by atoms with Crippen LogP contribution in [0.3, 0.4) is 0 Å². The lowest BCUT2D eigenvalue weighted by atomic mass is 9.88. The van der Waals surface area contributed by atoms with Crippen LogP contribution in [0.5, 0.6) is 0 Å². The maximum atomic E-state index is 11.5. The summed E-state index contributed by atoms with van der Waals surface area (Å²) in [5.74, 6) is 0.172. The van der Waals surface area contributed by atoms with Crippen molar-refractivity contribution in [2.75, 3.05) is 0 Å². The number of benzene rings is 2. The maximum Gasteiger partial charge on any atom is 0.160 e. The van der Waals surface area contributed by atoms with Gasteiger partial charge in [-0.2, -0.15) is 0 Å². The zero-order chi connectivity index (χ0) is 23.0. The third-order valence-corrected chi connectivity index (χ3v) is 4.57. The van der Waals surface area contributed by atoms with Gasteiger partial charge < -0.3 is 0 Å². The molecule has 0 aliphatic rings. The molecule has 0 unspecified atom stereocenters. The number of aryl methyl sites for hydroxylation is 2. The summed E-state index contributed by atoms with van der Waals surface area (Å²) < 4.78 is 0. The highest BCUT2D eigenvalue weighted by Crippen LogP contribution is 2.26. The minimum absolute atomic E-state index is 0.172. The van der Waals surface area contributed by atoms with Gasteiger partial charge in [0.2, 0.25) is 0 Å². The van der Waals surface area contributed by atoms with Crippen molar-refractivity contribution in [2.45, 2.75) is 96.9 Å². The second-order valence-corrected chi connectivity index (χ2v) is 6.21. The molecule has 0 saturated heterocycles. The molecule has 0 aliphatic heterocycles. The molecule has 0 N–H and O–H groups in total. The Morgan fingerprint density at radius 3 is 0.929 bits per heavy atom. The molecule has 0 saturated carbocycles. The van der Waals surface area contributed by atoms with Crippen molar-refractivity contribution in [1.82, 2.24) is 0 Å². The van der Waals surface area contributed by atoms with Gasteiger partial charge in [0.25, 0.3) is 0 Å². The number of hydrogen-bond acceptors (Lipinski definition) is 1. The van der Waals surface area contributed by atoms with E-state index in [-0.39, 0.29) is 5.78 Å². The fourth-order valence-electron chi connectivity index (χ4n) is 2.66. The molecule has 0 amide bonds. The third kappa shape index (κ3) is 9.88. The van der Waals surface area contributed by atoms with Crippen LogP contribution in [0.25, 0.3) is 0 Å². The maximum absolute atomic E-state index is 11.5. The largest absolute Gasteiger partial charge is 0.294 e. The van der Waals surface area contributed by atoms with Crippen LogP contribution in [0.4, 0.5) is 0 Å². The fraction of sp³-hybridized carbons (Fsp3) is 0.519. The number of Topliss-reactive ketones (excluding diaryl/α,β-unsaturated/α-hetero) is 1. The van der Waals surface area contributed by atoms with E-state index in [4.69, 9.17) is 0 Å².